The summed E-state index contributed by atoms with van der Waals surface area (Å²) in [6.07, 6.45) is -0.736. The molecule has 0 aliphatic carbocycles. The third kappa shape index (κ3) is 2.74. The van der Waals surface area contributed by atoms with E-state index in [0.717, 1.165) is 4.90 Å². The van der Waals surface area contributed by atoms with Crippen LogP contribution in [0.15, 0.2) is 35.2 Å². The Bertz CT molecular complexity index is 427. The van der Waals surface area contributed by atoms with Crippen LogP contribution in [-0.2, 0) is 9.84 Å². The van der Waals surface area contributed by atoms with Crippen LogP contribution in [0.2, 0.25) is 0 Å². The van der Waals surface area contributed by atoms with Gasteiger partial charge in [-0.2, -0.15) is 0 Å². The lowest BCUT2D eigenvalue weighted by atomic mass is 10.3. The molecule has 2 rings (SSSR count). The van der Waals surface area contributed by atoms with Gasteiger partial charge in [-0.1, -0.05) is 18.2 Å². The van der Waals surface area contributed by atoms with Crippen molar-refractivity contribution in [1.82, 2.24) is 0 Å². The second-order valence-electron chi connectivity index (χ2n) is 3.61. The molecule has 1 fully saturated rings. The summed E-state index contributed by atoms with van der Waals surface area (Å²) in [7, 11) is -3.04. The number of benzene rings is 1. The molecule has 0 spiro atoms. The normalized spacial score (nSPS) is 29.1. The van der Waals surface area contributed by atoms with Gasteiger partial charge in [-0.3, -0.25) is 0 Å². The lowest BCUT2D eigenvalue weighted by molar-refractivity contribution is 0.207. The van der Waals surface area contributed by atoms with Gasteiger partial charge in [0.15, 0.2) is 9.84 Å². The van der Waals surface area contributed by atoms with Crippen molar-refractivity contribution >= 4 is 21.6 Å². The maximum Gasteiger partial charge on any atom is 0.154 e. The number of aliphatic hydroxyl groups is 1. The topological polar surface area (TPSA) is 54.4 Å². The minimum absolute atomic E-state index is 0.0771. The van der Waals surface area contributed by atoms with Crippen LogP contribution in [0.3, 0.4) is 0 Å². The van der Waals surface area contributed by atoms with Crippen molar-refractivity contribution in [2.75, 3.05) is 11.5 Å². The second kappa shape index (κ2) is 4.15. The predicted octanol–water partition coefficient (Wildman–Crippen LogP) is 0.937. The molecule has 0 unspecified atom stereocenters. The zero-order chi connectivity index (χ0) is 10.9. The Balaban J connectivity index is 2.08. The summed E-state index contributed by atoms with van der Waals surface area (Å²) in [5.74, 6) is -0.0226. The molecular weight excluding hydrogens is 232 g/mol. The van der Waals surface area contributed by atoms with Crippen LogP contribution in [0.5, 0.6) is 0 Å². The summed E-state index contributed by atoms with van der Waals surface area (Å²) in [4.78, 5) is 0.999. The average Bonchev–Trinajstić information content (AvgIpc) is 2.41. The summed E-state index contributed by atoms with van der Waals surface area (Å²) in [6.45, 7) is 0. The number of aliphatic hydroxyl groups excluding tert-OH is 1. The molecule has 0 aromatic heterocycles. The first-order chi connectivity index (χ1) is 7.07. The van der Waals surface area contributed by atoms with Crippen LogP contribution < -0.4 is 0 Å². The third-order valence-corrected chi connectivity index (χ3v) is 5.56. The molecule has 0 amide bonds. The molecule has 1 aromatic carbocycles. The fourth-order valence-corrected chi connectivity index (χ4v) is 5.13. The molecule has 2 atom stereocenters. The van der Waals surface area contributed by atoms with Gasteiger partial charge in [0, 0.05) is 4.90 Å². The van der Waals surface area contributed by atoms with Crippen LogP contribution in [0.1, 0.15) is 0 Å². The summed E-state index contributed by atoms with van der Waals surface area (Å²) in [6, 6.07) is 9.55. The summed E-state index contributed by atoms with van der Waals surface area (Å²) in [5, 5.41) is 9.36. The molecule has 1 N–H and O–H groups in total. The molecule has 1 heterocycles. The van der Waals surface area contributed by atoms with E-state index >= 15 is 0 Å². The molecule has 1 aliphatic heterocycles. The Morgan fingerprint density at radius 3 is 2.40 bits per heavy atom. The quantitative estimate of drug-likeness (QED) is 0.841. The smallest absolute Gasteiger partial charge is 0.154 e. The van der Waals surface area contributed by atoms with Gasteiger partial charge in [-0.25, -0.2) is 8.42 Å². The molecule has 3 nitrogen and oxygen atoms in total. The van der Waals surface area contributed by atoms with E-state index in [1.165, 1.54) is 11.8 Å². The lowest BCUT2D eigenvalue weighted by Crippen LogP contribution is -2.19. The van der Waals surface area contributed by atoms with E-state index in [1.54, 1.807) is 0 Å². The van der Waals surface area contributed by atoms with E-state index < -0.39 is 15.9 Å². The zero-order valence-electron chi connectivity index (χ0n) is 8.04. The highest BCUT2D eigenvalue weighted by molar-refractivity contribution is 8.02. The van der Waals surface area contributed by atoms with E-state index in [-0.39, 0.29) is 16.8 Å². The Morgan fingerprint density at radius 1 is 1.20 bits per heavy atom. The van der Waals surface area contributed by atoms with E-state index in [2.05, 4.69) is 0 Å². The molecule has 5 heteroatoms. The van der Waals surface area contributed by atoms with Gasteiger partial charge in [0.2, 0.25) is 0 Å². The molecule has 0 radical (unpaired) electrons. The molecular formula is C10H12O3S2. The Hall–Kier alpha value is -0.520. The van der Waals surface area contributed by atoms with Crippen molar-refractivity contribution in [3.8, 4) is 0 Å². The first-order valence-electron chi connectivity index (χ1n) is 4.67. The lowest BCUT2D eigenvalue weighted by Gasteiger charge is -2.11. The molecule has 1 aromatic rings. The minimum atomic E-state index is -3.04. The monoisotopic (exact) mass is 244 g/mol. The molecule has 0 bridgehead atoms. The largest absolute Gasteiger partial charge is 0.391 e. The zero-order valence-corrected chi connectivity index (χ0v) is 9.67. The average molecular weight is 244 g/mol. The van der Waals surface area contributed by atoms with Gasteiger partial charge in [0.1, 0.15) is 0 Å². The SMILES string of the molecule is O=S1(=O)C[C@H](Sc2ccccc2)[C@@H](O)C1. The molecule has 1 aliphatic rings. The summed E-state index contributed by atoms with van der Waals surface area (Å²) >= 11 is 1.43. The number of sulfone groups is 1. The van der Waals surface area contributed by atoms with E-state index in [9.17, 15) is 13.5 Å². The number of hydrogen-bond donors (Lipinski definition) is 1. The van der Waals surface area contributed by atoms with Crippen LogP contribution in [0.4, 0.5) is 0 Å². The van der Waals surface area contributed by atoms with Crippen molar-refractivity contribution in [1.29, 1.82) is 0 Å². The first kappa shape index (κ1) is 11.0. The van der Waals surface area contributed by atoms with E-state index in [0.29, 0.717) is 0 Å². The van der Waals surface area contributed by atoms with Gasteiger partial charge in [0.05, 0.1) is 22.9 Å². The molecule has 15 heavy (non-hydrogen) atoms. The van der Waals surface area contributed by atoms with Crippen molar-refractivity contribution in [2.45, 2.75) is 16.2 Å². The Morgan fingerprint density at radius 2 is 1.87 bits per heavy atom. The number of hydrogen-bond acceptors (Lipinski definition) is 4. The Kier molecular flexibility index (Phi) is 3.04. The van der Waals surface area contributed by atoms with Crippen LogP contribution in [0.25, 0.3) is 0 Å². The third-order valence-electron chi connectivity index (χ3n) is 2.30. The van der Waals surface area contributed by atoms with Gasteiger partial charge < -0.3 is 5.11 Å². The van der Waals surface area contributed by atoms with E-state index in [4.69, 9.17) is 0 Å². The Labute approximate surface area is 93.4 Å². The number of thioether (sulfide) groups is 1. The number of rotatable bonds is 2. The predicted molar refractivity (Wildman–Crippen MR) is 60.7 cm³/mol. The maximum absolute atomic E-state index is 11.3. The van der Waals surface area contributed by atoms with Crippen LogP contribution in [-0.4, -0.2) is 36.4 Å². The van der Waals surface area contributed by atoms with Crippen molar-refractivity contribution in [2.24, 2.45) is 0 Å². The van der Waals surface area contributed by atoms with Crippen molar-refractivity contribution < 1.29 is 13.5 Å². The molecule has 0 saturated carbocycles. The van der Waals surface area contributed by atoms with Gasteiger partial charge in [0.25, 0.3) is 0 Å². The summed E-state index contributed by atoms with van der Waals surface area (Å²) < 4.78 is 22.5. The maximum atomic E-state index is 11.3. The highest BCUT2D eigenvalue weighted by atomic mass is 32.2. The van der Waals surface area contributed by atoms with Crippen molar-refractivity contribution in [3.05, 3.63) is 30.3 Å². The fraction of sp³-hybridized carbons (Fsp3) is 0.400. The van der Waals surface area contributed by atoms with Gasteiger partial charge in [-0.15, -0.1) is 11.8 Å². The van der Waals surface area contributed by atoms with E-state index in [1.807, 2.05) is 30.3 Å². The van der Waals surface area contributed by atoms with Crippen molar-refractivity contribution in [3.63, 3.8) is 0 Å². The molecule has 82 valence electrons. The fourth-order valence-electron chi connectivity index (χ4n) is 1.58. The second-order valence-corrected chi connectivity index (χ2v) is 7.08. The molecule has 1 saturated heterocycles. The van der Waals surface area contributed by atoms with Crippen LogP contribution in [0, 0.1) is 0 Å². The van der Waals surface area contributed by atoms with Gasteiger partial charge >= 0.3 is 0 Å². The first-order valence-corrected chi connectivity index (χ1v) is 7.37. The van der Waals surface area contributed by atoms with Gasteiger partial charge in [-0.05, 0) is 12.1 Å². The minimum Gasteiger partial charge on any atom is -0.391 e. The highest BCUT2D eigenvalue weighted by Gasteiger charge is 2.36. The summed E-state index contributed by atoms with van der Waals surface area (Å²) in [5.41, 5.74) is 0. The van der Waals surface area contributed by atoms with Crippen LogP contribution >= 0.6 is 11.8 Å². The standard InChI is InChI=1S/C10H12O3S2/c11-9-6-15(12,13)7-10(9)14-8-4-2-1-3-5-8/h1-5,9-11H,6-7H2/t9-,10-/m0/s1. The highest BCUT2D eigenvalue weighted by Crippen LogP contribution is 2.30.